The van der Waals surface area contributed by atoms with Gasteiger partial charge in [-0.25, -0.2) is 9.97 Å². The number of aromatic amines is 1. The van der Waals surface area contributed by atoms with E-state index < -0.39 is 5.41 Å². The summed E-state index contributed by atoms with van der Waals surface area (Å²) in [4.78, 5) is 26.9. The molecule has 1 aliphatic heterocycles. The van der Waals surface area contributed by atoms with Crippen molar-refractivity contribution in [3.8, 4) is 5.75 Å². The average Bonchev–Trinajstić information content (AvgIpc) is 3.47. The molecule has 10 heteroatoms. The van der Waals surface area contributed by atoms with E-state index in [0.29, 0.717) is 25.5 Å². The Labute approximate surface area is 206 Å². The summed E-state index contributed by atoms with van der Waals surface area (Å²) in [6.07, 6.45) is 5.71. The molecule has 35 heavy (non-hydrogen) atoms. The number of H-pyrrole nitrogens is 1. The van der Waals surface area contributed by atoms with Crippen LogP contribution in [0.3, 0.4) is 0 Å². The van der Waals surface area contributed by atoms with Crippen LogP contribution in [-0.2, 0) is 22.4 Å². The summed E-state index contributed by atoms with van der Waals surface area (Å²) >= 11 is 1.67. The molecule has 0 radical (unpaired) electrons. The predicted octanol–water partition coefficient (Wildman–Crippen LogP) is 4.06. The first kappa shape index (κ1) is 22.2. The summed E-state index contributed by atoms with van der Waals surface area (Å²) in [5.74, 6) is 1.69. The number of anilines is 2. The van der Waals surface area contributed by atoms with E-state index in [1.807, 2.05) is 17.0 Å². The number of fused-ring (bicyclic) bond motifs is 4. The Balaban J connectivity index is 1.35. The van der Waals surface area contributed by atoms with Crippen LogP contribution in [0.2, 0.25) is 0 Å². The maximum Gasteiger partial charge on any atom is 0.229 e. The molecule has 0 bridgehead atoms. The first-order valence-corrected chi connectivity index (χ1v) is 12.7. The summed E-state index contributed by atoms with van der Waals surface area (Å²) in [6.45, 7) is 6.06. The van der Waals surface area contributed by atoms with Gasteiger partial charge in [0, 0.05) is 22.9 Å². The highest BCUT2D eigenvalue weighted by Gasteiger charge is 2.42. The molecule has 1 aromatic carbocycles. The third-order valence-electron chi connectivity index (χ3n) is 7.31. The van der Waals surface area contributed by atoms with Crippen LogP contribution in [-0.4, -0.2) is 63.9 Å². The maximum atomic E-state index is 13.6. The zero-order valence-corrected chi connectivity index (χ0v) is 20.9. The Bertz CT molecular complexity index is 1430. The Morgan fingerprint density at radius 2 is 2.26 bits per heavy atom. The second kappa shape index (κ2) is 8.46. The lowest BCUT2D eigenvalue weighted by Gasteiger charge is -2.41. The number of ether oxygens (including phenoxy) is 2. The molecular formula is C25H28N6O3S. The number of morpholine rings is 1. The molecule has 9 nitrogen and oxygen atoms in total. The fourth-order valence-electron chi connectivity index (χ4n) is 5.31. The number of methoxy groups -OCH3 is 1. The third kappa shape index (κ3) is 3.71. The van der Waals surface area contributed by atoms with Crippen LogP contribution < -0.4 is 10.1 Å². The summed E-state index contributed by atoms with van der Waals surface area (Å²) < 4.78 is 11.2. The van der Waals surface area contributed by atoms with E-state index in [2.05, 4.69) is 39.3 Å². The molecule has 0 spiro atoms. The monoisotopic (exact) mass is 492 g/mol. The molecule has 0 saturated carbocycles. The summed E-state index contributed by atoms with van der Waals surface area (Å²) in [7, 11) is 1.65. The molecule has 2 atom stereocenters. The molecule has 2 N–H and O–H groups in total. The van der Waals surface area contributed by atoms with Gasteiger partial charge in [-0.05, 0) is 37.8 Å². The Morgan fingerprint density at radius 3 is 3.09 bits per heavy atom. The van der Waals surface area contributed by atoms with E-state index in [1.165, 1.54) is 10.4 Å². The number of amides is 1. The summed E-state index contributed by atoms with van der Waals surface area (Å²) in [5, 5.41) is 12.6. The molecular weight excluding hydrogens is 464 g/mol. The van der Waals surface area contributed by atoms with E-state index in [-0.39, 0.29) is 11.9 Å². The Kier molecular flexibility index (Phi) is 5.37. The van der Waals surface area contributed by atoms with E-state index >= 15 is 0 Å². The van der Waals surface area contributed by atoms with Gasteiger partial charge in [0.15, 0.2) is 0 Å². The fraction of sp³-hybridized carbons (Fsp3) is 0.440. The van der Waals surface area contributed by atoms with Crippen LogP contribution in [0, 0.1) is 5.41 Å². The van der Waals surface area contributed by atoms with Crippen molar-refractivity contribution < 1.29 is 14.3 Å². The lowest BCUT2D eigenvalue weighted by molar-refractivity contribution is -0.150. The number of rotatable bonds is 4. The predicted molar refractivity (Wildman–Crippen MR) is 135 cm³/mol. The molecule has 1 fully saturated rings. The number of nitrogens with one attached hydrogen (secondary N) is 2. The lowest BCUT2D eigenvalue weighted by Crippen LogP contribution is -2.53. The quantitative estimate of drug-likeness (QED) is 0.443. The van der Waals surface area contributed by atoms with Gasteiger partial charge in [0.25, 0.3) is 0 Å². The van der Waals surface area contributed by atoms with Crippen molar-refractivity contribution in [1.82, 2.24) is 25.1 Å². The largest absolute Gasteiger partial charge is 0.494 e. The smallest absolute Gasteiger partial charge is 0.229 e. The van der Waals surface area contributed by atoms with Crippen LogP contribution >= 0.6 is 11.3 Å². The highest BCUT2D eigenvalue weighted by atomic mass is 32.1. The van der Waals surface area contributed by atoms with Crippen LogP contribution in [0.25, 0.3) is 21.1 Å². The van der Waals surface area contributed by atoms with Gasteiger partial charge in [0.2, 0.25) is 5.91 Å². The molecule has 182 valence electrons. The molecule has 4 heterocycles. The minimum absolute atomic E-state index is 0.112. The SMILES string of the molecule is COc1cc2[nH]ncc2cc1Nc1ncnc2sc3c(c12)CCC(C)(C(=O)N1CCOC[C@H]1C)C3. The van der Waals surface area contributed by atoms with E-state index in [0.717, 1.165) is 51.9 Å². The highest BCUT2D eigenvalue weighted by molar-refractivity contribution is 7.19. The van der Waals surface area contributed by atoms with Crippen molar-refractivity contribution in [2.75, 3.05) is 32.2 Å². The molecule has 2 aliphatic rings. The average molecular weight is 493 g/mol. The van der Waals surface area contributed by atoms with Crippen molar-refractivity contribution >= 4 is 49.9 Å². The highest BCUT2D eigenvalue weighted by Crippen LogP contribution is 2.46. The minimum atomic E-state index is -0.421. The molecule has 4 aromatic rings. The first-order chi connectivity index (χ1) is 17.0. The van der Waals surface area contributed by atoms with Crippen LogP contribution in [0.4, 0.5) is 11.5 Å². The molecule has 3 aromatic heterocycles. The van der Waals surface area contributed by atoms with Crippen molar-refractivity contribution in [2.24, 2.45) is 5.41 Å². The normalized spacial score (nSPS) is 22.4. The molecule has 1 unspecified atom stereocenters. The van der Waals surface area contributed by atoms with Crippen molar-refractivity contribution in [3.05, 3.63) is 35.1 Å². The van der Waals surface area contributed by atoms with E-state index in [9.17, 15) is 4.79 Å². The van der Waals surface area contributed by atoms with Crippen LogP contribution in [0.5, 0.6) is 5.75 Å². The fourth-order valence-corrected chi connectivity index (χ4v) is 6.68. The van der Waals surface area contributed by atoms with Gasteiger partial charge in [-0.3, -0.25) is 9.89 Å². The topological polar surface area (TPSA) is 105 Å². The van der Waals surface area contributed by atoms with Gasteiger partial charge >= 0.3 is 0 Å². The van der Waals surface area contributed by atoms with E-state index in [4.69, 9.17) is 9.47 Å². The Hall–Kier alpha value is -3.24. The van der Waals surface area contributed by atoms with Gasteiger partial charge < -0.3 is 19.7 Å². The van der Waals surface area contributed by atoms with Gasteiger partial charge in [0.1, 0.15) is 22.7 Å². The van der Waals surface area contributed by atoms with Gasteiger partial charge in [-0.2, -0.15) is 5.10 Å². The first-order valence-electron chi connectivity index (χ1n) is 11.9. The molecule has 1 amide bonds. The number of aryl methyl sites for hydroxylation is 1. The van der Waals surface area contributed by atoms with Crippen molar-refractivity contribution in [1.29, 1.82) is 0 Å². The maximum absolute atomic E-state index is 13.6. The van der Waals surface area contributed by atoms with Gasteiger partial charge in [-0.15, -0.1) is 11.3 Å². The number of hydrogen-bond acceptors (Lipinski definition) is 8. The zero-order valence-electron chi connectivity index (χ0n) is 20.1. The summed E-state index contributed by atoms with van der Waals surface area (Å²) in [5.41, 5.74) is 2.55. The molecule has 1 saturated heterocycles. The lowest BCUT2D eigenvalue weighted by atomic mass is 9.74. The Morgan fingerprint density at radius 1 is 1.37 bits per heavy atom. The second-order valence-electron chi connectivity index (χ2n) is 9.70. The van der Waals surface area contributed by atoms with E-state index in [1.54, 1.807) is 31.0 Å². The second-order valence-corrected chi connectivity index (χ2v) is 10.8. The number of nitrogens with zero attached hydrogens (tertiary/aromatic N) is 4. The number of benzene rings is 1. The number of thiophene rings is 1. The van der Waals surface area contributed by atoms with Gasteiger partial charge in [-0.1, -0.05) is 6.92 Å². The molecule has 1 aliphatic carbocycles. The number of carbonyl (C=O) groups is 1. The van der Waals surface area contributed by atoms with Crippen LogP contribution in [0.15, 0.2) is 24.7 Å². The molecule has 6 rings (SSSR count). The van der Waals surface area contributed by atoms with Crippen molar-refractivity contribution in [2.45, 2.75) is 39.2 Å². The van der Waals surface area contributed by atoms with Gasteiger partial charge in [0.05, 0.1) is 54.6 Å². The van der Waals surface area contributed by atoms with Crippen molar-refractivity contribution in [3.63, 3.8) is 0 Å². The van der Waals surface area contributed by atoms with Crippen LogP contribution in [0.1, 0.15) is 30.7 Å². The zero-order chi connectivity index (χ0) is 24.2. The number of hydrogen-bond donors (Lipinski definition) is 2. The minimum Gasteiger partial charge on any atom is -0.494 e. The summed E-state index contributed by atoms with van der Waals surface area (Å²) in [6, 6.07) is 4.04. The number of carbonyl (C=O) groups excluding carboxylic acids is 1. The number of aromatic nitrogens is 4. The standard InChI is InChI=1S/C25H28N6O3S/c1-14-12-34-7-6-31(14)24(32)25(2)5-4-16-20(10-25)35-23-21(16)22(26-13-27-23)29-18-8-15-11-28-30-17(15)9-19(18)33-3/h8-9,11,13-14H,4-7,10,12H2,1-3H3,(H,28,30)(H,26,27,29)/t14-,25?/m1/s1. The third-order valence-corrected chi connectivity index (χ3v) is 8.45.